The van der Waals surface area contributed by atoms with Crippen LogP contribution in [0.1, 0.15) is 0 Å². The van der Waals surface area contributed by atoms with Crippen molar-refractivity contribution in [2.24, 2.45) is 20.0 Å². The zero-order valence-electron chi connectivity index (χ0n) is 5.91. The zero-order chi connectivity index (χ0) is 8.60. The zero-order valence-corrected chi connectivity index (χ0v) is 7.42. The lowest BCUT2D eigenvalue weighted by molar-refractivity contribution is 1.07. The quantitative estimate of drug-likeness (QED) is 0.452. The Morgan fingerprint density at radius 3 is 3.08 bits per heavy atom. The average Bonchev–Trinajstić information content (AvgIpc) is 2.45. The highest BCUT2D eigenvalue weighted by Crippen LogP contribution is 2.24. The molecule has 1 atom stereocenters. The maximum atomic E-state index is 5.97. The van der Waals surface area contributed by atoms with Crippen LogP contribution >= 0.6 is 23.2 Å². The number of rotatable bonds is 1. The van der Waals surface area contributed by atoms with Crippen LogP contribution in [0.25, 0.3) is 0 Å². The van der Waals surface area contributed by atoms with Crippen molar-refractivity contribution in [1.82, 2.24) is 0 Å². The van der Waals surface area contributed by atoms with Gasteiger partial charge in [0.2, 0.25) is 5.00 Å². The van der Waals surface area contributed by atoms with Crippen LogP contribution in [0.4, 0.5) is 0 Å². The number of nitrogens with zero attached hydrogens (tertiary/aromatic N) is 4. The van der Waals surface area contributed by atoms with Crippen LogP contribution in [-0.2, 0) is 0 Å². The smallest absolute Gasteiger partial charge is 0.229 e. The van der Waals surface area contributed by atoms with Crippen LogP contribution in [0.2, 0.25) is 0 Å². The van der Waals surface area contributed by atoms with Gasteiger partial charge in [-0.1, -0.05) is 11.6 Å². The number of fused-ring (bicyclic) bond motifs is 1. The fourth-order valence-corrected chi connectivity index (χ4v) is 1.20. The third kappa shape index (κ3) is 1.07. The lowest BCUT2D eigenvalue weighted by Gasteiger charge is -2.15. The lowest BCUT2D eigenvalue weighted by Crippen LogP contribution is -2.32. The van der Waals surface area contributed by atoms with Crippen molar-refractivity contribution in [2.45, 2.75) is 5.00 Å². The van der Waals surface area contributed by atoms with Crippen molar-refractivity contribution < 1.29 is 0 Å². The number of halogens is 2. The summed E-state index contributed by atoms with van der Waals surface area (Å²) in [7, 11) is 0. The summed E-state index contributed by atoms with van der Waals surface area (Å²) < 4.78 is 0. The minimum Gasteiger partial charge on any atom is -0.240 e. The minimum atomic E-state index is -0.977. The fraction of sp³-hybridized carbons (Fsp3) is 0.333. The van der Waals surface area contributed by atoms with E-state index in [-0.39, 0.29) is 5.88 Å². The molecular weight excluding hydrogens is 199 g/mol. The fourth-order valence-electron chi connectivity index (χ4n) is 0.890. The first kappa shape index (κ1) is 7.89. The second-order valence-electron chi connectivity index (χ2n) is 2.29. The van der Waals surface area contributed by atoms with Crippen LogP contribution in [0.5, 0.6) is 0 Å². The standard InChI is InChI=1S/C6H4Cl2N4/c7-1-4-9-2-6(8)5(12-4)10-3-11-6/h2-3H,1H2. The van der Waals surface area contributed by atoms with Gasteiger partial charge in [-0.15, -0.1) is 11.6 Å². The first-order valence-corrected chi connectivity index (χ1v) is 4.15. The number of amidine groups is 2. The van der Waals surface area contributed by atoms with Crippen molar-refractivity contribution in [3.63, 3.8) is 0 Å². The van der Waals surface area contributed by atoms with E-state index in [9.17, 15) is 0 Å². The van der Waals surface area contributed by atoms with Gasteiger partial charge < -0.3 is 0 Å². The van der Waals surface area contributed by atoms with Crippen molar-refractivity contribution in [3.8, 4) is 0 Å². The van der Waals surface area contributed by atoms with E-state index in [0.29, 0.717) is 11.7 Å². The van der Waals surface area contributed by atoms with Crippen molar-refractivity contribution in [1.29, 1.82) is 0 Å². The van der Waals surface area contributed by atoms with E-state index in [4.69, 9.17) is 23.2 Å². The van der Waals surface area contributed by atoms with Crippen LogP contribution in [0.3, 0.4) is 0 Å². The summed E-state index contributed by atoms with van der Waals surface area (Å²) in [6.45, 7) is 0. The lowest BCUT2D eigenvalue weighted by atomic mass is 10.3. The Balaban J connectivity index is 2.39. The van der Waals surface area contributed by atoms with E-state index in [1.807, 2.05) is 0 Å². The normalized spacial score (nSPS) is 31.5. The van der Waals surface area contributed by atoms with Crippen LogP contribution in [0.15, 0.2) is 20.0 Å². The molecule has 2 aliphatic rings. The summed E-state index contributed by atoms with van der Waals surface area (Å²) in [5.41, 5.74) is 0. The summed E-state index contributed by atoms with van der Waals surface area (Å²) in [6, 6.07) is 0. The molecule has 6 heteroatoms. The Morgan fingerprint density at radius 1 is 1.50 bits per heavy atom. The van der Waals surface area contributed by atoms with Gasteiger partial charge in [-0.05, 0) is 0 Å². The Labute approximate surface area is 78.7 Å². The number of hydrogen-bond acceptors (Lipinski definition) is 4. The van der Waals surface area contributed by atoms with Crippen LogP contribution in [-0.4, -0.2) is 35.1 Å². The van der Waals surface area contributed by atoms with Gasteiger partial charge in [-0.2, -0.15) is 0 Å². The largest absolute Gasteiger partial charge is 0.240 e. The molecule has 2 aliphatic heterocycles. The Kier molecular flexibility index (Phi) is 1.73. The van der Waals surface area contributed by atoms with E-state index in [1.165, 1.54) is 12.6 Å². The monoisotopic (exact) mass is 202 g/mol. The molecule has 0 N–H and O–H groups in total. The Morgan fingerprint density at radius 2 is 2.33 bits per heavy atom. The van der Waals surface area contributed by atoms with Gasteiger partial charge in [0.15, 0.2) is 5.84 Å². The molecule has 0 aromatic heterocycles. The van der Waals surface area contributed by atoms with Crippen molar-refractivity contribution in [2.75, 3.05) is 5.88 Å². The van der Waals surface area contributed by atoms with Gasteiger partial charge in [-0.25, -0.2) is 20.0 Å². The molecule has 0 amide bonds. The predicted molar refractivity (Wildman–Crippen MR) is 51.2 cm³/mol. The van der Waals surface area contributed by atoms with E-state index in [0.717, 1.165) is 0 Å². The molecule has 0 saturated carbocycles. The third-order valence-corrected chi connectivity index (χ3v) is 2.08. The predicted octanol–water partition coefficient (Wildman–Crippen LogP) is 1.08. The molecule has 0 radical (unpaired) electrons. The Bertz CT molecular complexity index is 330. The topological polar surface area (TPSA) is 49.4 Å². The van der Waals surface area contributed by atoms with E-state index >= 15 is 0 Å². The highest BCUT2D eigenvalue weighted by atomic mass is 35.5. The van der Waals surface area contributed by atoms with Gasteiger partial charge in [-0.3, -0.25) is 0 Å². The maximum absolute atomic E-state index is 5.97. The van der Waals surface area contributed by atoms with E-state index in [1.54, 1.807) is 0 Å². The van der Waals surface area contributed by atoms with Crippen LogP contribution < -0.4 is 0 Å². The van der Waals surface area contributed by atoms with Gasteiger partial charge in [0.05, 0.1) is 12.1 Å². The summed E-state index contributed by atoms with van der Waals surface area (Å²) in [5, 5.41) is 0. The Hall–Kier alpha value is -0.740. The second-order valence-corrected chi connectivity index (χ2v) is 3.13. The molecule has 0 aliphatic carbocycles. The molecule has 0 spiro atoms. The first-order chi connectivity index (χ1) is 5.74. The van der Waals surface area contributed by atoms with Gasteiger partial charge >= 0.3 is 0 Å². The van der Waals surface area contributed by atoms with Crippen LogP contribution in [0, 0.1) is 0 Å². The molecule has 0 saturated heterocycles. The molecule has 0 aromatic rings. The number of hydrogen-bond donors (Lipinski definition) is 0. The second kappa shape index (κ2) is 2.64. The molecule has 2 heterocycles. The highest BCUT2D eigenvalue weighted by Gasteiger charge is 2.36. The minimum absolute atomic E-state index is 0.252. The number of alkyl halides is 2. The third-order valence-electron chi connectivity index (χ3n) is 1.48. The summed E-state index contributed by atoms with van der Waals surface area (Å²) in [4.78, 5) is 14.7. The molecule has 12 heavy (non-hydrogen) atoms. The van der Waals surface area contributed by atoms with Gasteiger partial charge in [0.25, 0.3) is 0 Å². The van der Waals surface area contributed by atoms with Crippen molar-refractivity contribution in [3.05, 3.63) is 0 Å². The molecule has 62 valence electrons. The summed E-state index contributed by atoms with van der Waals surface area (Å²) in [5.74, 6) is 1.20. The first-order valence-electron chi connectivity index (χ1n) is 3.24. The summed E-state index contributed by atoms with van der Waals surface area (Å²) in [6.07, 6.45) is 2.86. The average molecular weight is 203 g/mol. The molecule has 0 fully saturated rings. The SMILES string of the molecule is ClCC1=NC2=NC=NC2(Cl)C=N1. The molecule has 2 rings (SSSR count). The molecular formula is C6H4Cl2N4. The van der Waals surface area contributed by atoms with Gasteiger partial charge in [0, 0.05) is 0 Å². The van der Waals surface area contributed by atoms with E-state index in [2.05, 4.69) is 20.0 Å². The maximum Gasteiger partial charge on any atom is 0.229 e. The van der Waals surface area contributed by atoms with Crippen molar-refractivity contribution >= 4 is 47.4 Å². The number of aliphatic imine (C=N–C) groups is 4. The molecule has 1 unspecified atom stereocenters. The molecule has 0 bridgehead atoms. The summed E-state index contributed by atoms with van der Waals surface area (Å²) >= 11 is 11.5. The molecule has 4 nitrogen and oxygen atoms in total. The van der Waals surface area contributed by atoms with Gasteiger partial charge in [0.1, 0.15) is 12.2 Å². The highest BCUT2D eigenvalue weighted by molar-refractivity contribution is 6.48. The molecule has 0 aromatic carbocycles. The van der Waals surface area contributed by atoms with E-state index < -0.39 is 5.00 Å².